The van der Waals surface area contributed by atoms with Gasteiger partial charge in [0.2, 0.25) is 11.8 Å². The molecule has 0 bridgehead atoms. The number of nitrogens with zero attached hydrogens (tertiary/aromatic N) is 2. The lowest BCUT2D eigenvalue weighted by Crippen LogP contribution is -2.46. The summed E-state index contributed by atoms with van der Waals surface area (Å²) in [5, 5.41) is 9.29. The number of anilines is 1. The number of ether oxygens (including phenoxy) is 2. The molecule has 1 atom stereocenters. The predicted octanol–water partition coefficient (Wildman–Crippen LogP) is 3.63. The van der Waals surface area contributed by atoms with Crippen LogP contribution in [-0.4, -0.2) is 46.7 Å². The van der Waals surface area contributed by atoms with Gasteiger partial charge in [-0.05, 0) is 52.7 Å². The molecule has 38 heavy (non-hydrogen) atoms. The number of nitrogens with two attached hydrogens (primary N) is 1. The number of hydrogen-bond donors (Lipinski definition) is 4. The van der Waals surface area contributed by atoms with E-state index in [0.29, 0.717) is 26.4 Å². The Morgan fingerprint density at radius 2 is 1.89 bits per heavy atom. The Morgan fingerprint density at radius 3 is 2.58 bits per heavy atom. The highest BCUT2D eigenvalue weighted by molar-refractivity contribution is 5.83. The van der Waals surface area contributed by atoms with Crippen molar-refractivity contribution < 1.29 is 19.1 Å². The second-order valence-corrected chi connectivity index (χ2v) is 10.8. The fraction of sp³-hybridized carbons (Fsp3) is 0.607. The van der Waals surface area contributed by atoms with E-state index in [1.807, 2.05) is 45.9 Å². The van der Waals surface area contributed by atoms with Crippen molar-refractivity contribution in [3.63, 3.8) is 0 Å². The largest absolute Gasteiger partial charge is 0.494 e. The SMILES string of the molecule is CCOCc1nc2c(n1CC(C)(C)NC(C)=O)-c1ccc(OCCCCCCNC(C)=O)cc1NC2(C)N. The lowest BCUT2D eigenvalue weighted by Gasteiger charge is -2.34. The minimum absolute atomic E-state index is 0.0139. The first-order valence-corrected chi connectivity index (χ1v) is 13.5. The minimum atomic E-state index is -0.904. The summed E-state index contributed by atoms with van der Waals surface area (Å²) in [5.41, 5.74) is 8.84. The number of hydrogen-bond acceptors (Lipinski definition) is 7. The summed E-state index contributed by atoms with van der Waals surface area (Å²) in [7, 11) is 0. The number of imidazole rings is 1. The van der Waals surface area contributed by atoms with Gasteiger partial charge < -0.3 is 35.7 Å². The Labute approximate surface area is 226 Å². The van der Waals surface area contributed by atoms with E-state index < -0.39 is 11.2 Å². The molecule has 1 aliphatic rings. The van der Waals surface area contributed by atoms with E-state index in [2.05, 4.69) is 20.5 Å². The lowest BCUT2D eigenvalue weighted by atomic mass is 9.94. The topological polar surface area (TPSA) is 133 Å². The smallest absolute Gasteiger partial charge is 0.217 e. The van der Waals surface area contributed by atoms with Crippen molar-refractivity contribution in [3.8, 4) is 17.0 Å². The summed E-state index contributed by atoms with van der Waals surface area (Å²) in [6.45, 7) is 13.7. The van der Waals surface area contributed by atoms with Crippen LogP contribution in [0.2, 0.25) is 0 Å². The summed E-state index contributed by atoms with van der Waals surface area (Å²) in [6.07, 6.45) is 4.00. The van der Waals surface area contributed by atoms with Crippen LogP contribution in [0.1, 0.15) is 78.7 Å². The molecule has 0 aliphatic carbocycles. The van der Waals surface area contributed by atoms with Crippen LogP contribution in [0, 0.1) is 0 Å². The predicted molar refractivity (Wildman–Crippen MR) is 149 cm³/mol. The summed E-state index contributed by atoms with van der Waals surface area (Å²) in [5.74, 6) is 1.46. The number of aromatic nitrogens is 2. The highest BCUT2D eigenvalue weighted by Crippen LogP contribution is 2.43. The minimum Gasteiger partial charge on any atom is -0.494 e. The van der Waals surface area contributed by atoms with Crippen LogP contribution in [-0.2, 0) is 33.1 Å². The van der Waals surface area contributed by atoms with Crippen LogP contribution in [0.3, 0.4) is 0 Å². The van der Waals surface area contributed by atoms with E-state index in [9.17, 15) is 9.59 Å². The standard InChI is InChI=1S/C28H44N6O4/c1-7-37-17-24-31-26-25(34(24)18-27(4,5)32-20(3)36)22-13-12-21(16-23(22)33-28(26,6)29)38-15-11-9-8-10-14-30-19(2)35/h12-13,16,33H,7-11,14-15,17-18,29H2,1-6H3,(H,30,35)(H,32,36). The summed E-state index contributed by atoms with van der Waals surface area (Å²) in [6, 6.07) is 5.99. The highest BCUT2D eigenvalue weighted by atomic mass is 16.5. The molecular weight excluding hydrogens is 484 g/mol. The summed E-state index contributed by atoms with van der Waals surface area (Å²) in [4.78, 5) is 27.7. The van der Waals surface area contributed by atoms with Gasteiger partial charge in [-0.25, -0.2) is 4.98 Å². The first-order chi connectivity index (χ1) is 17.9. The molecule has 10 nitrogen and oxygen atoms in total. The maximum atomic E-state index is 11.9. The zero-order valence-corrected chi connectivity index (χ0v) is 23.7. The number of carbonyl (C=O) groups is 2. The van der Waals surface area contributed by atoms with E-state index in [1.165, 1.54) is 13.8 Å². The second-order valence-electron chi connectivity index (χ2n) is 10.8. The van der Waals surface area contributed by atoms with Gasteiger partial charge >= 0.3 is 0 Å². The number of rotatable bonds is 14. The zero-order chi connectivity index (χ0) is 27.9. The van der Waals surface area contributed by atoms with Crippen molar-refractivity contribution in [1.29, 1.82) is 0 Å². The number of fused-ring (bicyclic) bond motifs is 3. The molecule has 1 aromatic heterocycles. The first kappa shape index (κ1) is 29.4. The molecule has 3 rings (SSSR count). The number of amides is 2. The van der Waals surface area contributed by atoms with E-state index in [4.69, 9.17) is 20.2 Å². The lowest BCUT2D eigenvalue weighted by molar-refractivity contribution is -0.121. The Kier molecular flexibility index (Phi) is 9.78. The number of carbonyl (C=O) groups excluding carboxylic acids is 2. The zero-order valence-electron chi connectivity index (χ0n) is 23.7. The van der Waals surface area contributed by atoms with Crippen LogP contribution in [0.4, 0.5) is 5.69 Å². The second kappa shape index (κ2) is 12.6. The van der Waals surface area contributed by atoms with Crippen LogP contribution >= 0.6 is 0 Å². The van der Waals surface area contributed by atoms with Crippen LogP contribution in [0.25, 0.3) is 11.3 Å². The van der Waals surface area contributed by atoms with E-state index in [0.717, 1.165) is 66.4 Å². The van der Waals surface area contributed by atoms with Gasteiger partial charge in [-0.2, -0.15) is 0 Å². The molecule has 10 heteroatoms. The quantitative estimate of drug-likeness (QED) is 0.275. The fourth-order valence-corrected chi connectivity index (χ4v) is 4.82. The Morgan fingerprint density at radius 1 is 1.16 bits per heavy atom. The van der Waals surface area contributed by atoms with E-state index >= 15 is 0 Å². The van der Waals surface area contributed by atoms with E-state index in [1.54, 1.807) is 0 Å². The van der Waals surface area contributed by atoms with Gasteiger partial charge in [0.1, 0.15) is 29.5 Å². The monoisotopic (exact) mass is 528 g/mol. The molecule has 0 fully saturated rings. The van der Waals surface area contributed by atoms with Crippen LogP contribution in [0.15, 0.2) is 18.2 Å². The molecule has 210 valence electrons. The van der Waals surface area contributed by atoms with Crippen molar-refractivity contribution in [3.05, 3.63) is 29.7 Å². The molecular formula is C28H44N6O4. The average Bonchev–Trinajstić information content (AvgIpc) is 3.16. The Balaban J connectivity index is 1.80. The molecule has 1 unspecified atom stereocenters. The highest BCUT2D eigenvalue weighted by Gasteiger charge is 2.38. The first-order valence-electron chi connectivity index (χ1n) is 13.5. The van der Waals surface area contributed by atoms with Gasteiger partial charge in [0.25, 0.3) is 0 Å². The van der Waals surface area contributed by atoms with Crippen molar-refractivity contribution in [2.75, 3.05) is 25.1 Å². The molecule has 1 aliphatic heterocycles. The van der Waals surface area contributed by atoms with Crippen molar-refractivity contribution in [2.45, 2.75) is 91.6 Å². The molecule has 0 radical (unpaired) electrons. The fourth-order valence-electron chi connectivity index (χ4n) is 4.82. The molecule has 1 aromatic carbocycles. The summed E-state index contributed by atoms with van der Waals surface area (Å²) < 4.78 is 13.9. The normalized spacial score (nSPS) is 16.3. The molecule has 0 saturated heterocycles. The van der Waals surface area contributed by atoms with Crippen molar-refractivity contribution >= 4 is 17.5 Å². The van der Waals surface area contributed by atoms with Crippen LogP contribution < -0.4 is 26.4 Å². The molecule has 2 amide bonds. The summed E-state index contributed by atoms with van der Waals surface area (Å²) >= 11 is 0. The van der Waals surface area contributed by atoms with Crippen molar-refractivity contribution in [1.82, 2.24) is 20.2 Å². The van der Waals surface area contributed by atoms with Gasteiger partial charge in [-0.15, -0.1) is 0 Å². The average molecular weight is 529 g/mol. The molecule has 0 saturated carbocycles. The maximum Gasteiger partial charge on any atom is 0.217 e. The van der Waals surface area contributed by atoms with Crippen molar-refractivity contribution in [2.24, 2.45) is 5.73 Å². The Hall–Kier alpha value is -3.11. The Bertz CT molecular complexity index is 1120. The number of unbranched alkanes of at least 4 members (excludes halogenated alkanes) is 3. The third-order valence-corrected chi connectivity index (χ3v) is 6.40. The van der Waals surface area contributed by atoms with Crippen LogP contribution in [0.5, 0.6) is 5.75 Å². The van der Waals surface area contributed by atoms with Gasteiger partial charge in [0.05, 0.1) is 17.8 Å². The molecule has 5 N–H and O–H groups in total. The van der Waals surface area contributed by atoms with E-state index in [-0.39, 0.29) is 11.8 Å². The number of benzene rings is 1. The van der Waals surface area contributed by atoms with Gasteiger partial charge in [-0.3, -0.25) is 9.59 Å². The third kappa shape index (κ3) is 7.70. The molecule has 0 spiro atoms. The maximum absolute atomic E-state index is 11.9. The molecule has 2 heterocycles. The van der Waals surface area contributed by atoms with Gasteiger partial charge in [0.15, 0.2) is 0 Å². The van der Waals surface area contributed by atoms with Gasteiger partial charge in [-0.1, -0.05) is 12.8 Å². The third-order valence-electron chi connectivity index (χ3n) is 6.40. The van der Waals surface area contributed by atoms with Gasteiger partial charge in [0, 0.05) is 50.9 Å². The number of nitrogens with one attached hydrogen (secondary N) is 3. The molecule has 2 aromatic rings.